The number of carbonyl (C=O) groups is 4. The summed E-state index contributed by atoms with van der Waals surface area (Å²) in [5.74, 6) is -1.04. The maximum atomic E-state index is 14.1. The zero-order chi connectivity index (χ0) is 32.8. The van der Waals surface area contributed by atoms with Crippen LogP contribution in [0.4, 0.5) is 15.5 Å². The van der Waals surface area contributed by atoms with Crippen LogP contribution in [0.3, 0.4) is 0 Å². The molecule has 0 saturated carbocycles. The third-order valence-corrected chi connectivity index (χ3v) is 10.1. The first-order valence-electron chi connectivity index (χ1n) is 14.8. The van der Waals surface area contributed by atoms with E-state index in [1.165, 1.54) is 34.4 Å². The predicted octanol–water partition coefficient (Wildman–Crippen LogP) is 8.00. The summed E-state index contributed by atoms with van der Waals surface area (Å²) in [7, 11) is 0. The van der Waals surface area contributed by atoms with Crippen LogP contribution in [0.5, 0.6) is 0 Å². The summed E-state index contributed by atoms with van der Waals surface area (Å²) in [6.45, 7) is 8.00. The summed E-state index contributed by atoms with van der Waals surface area (Å²) < 4.78 is 11.0. The number of thioether (sulfide) groups is 1. The van der Waals surface area contributed by atoms with Gasteiger partial charge in [-0.3, -0.25) is 9.59 Å². The molecule has 0 aliphatic carbocycles. The van der Waals surface area contributed by atoms with E-state index < -0.39 is 22.9 Å². The highest BCUT2D eigenvalue weighted by atomic mass is 32.2. The normalized spacial score (nSPS) is 13.3. The Kier molecular flexibility index (Phi) is 10.5. The molecule has 1 atom stereocenters. The molecule has 12 heteroatoms. The standard InChI is InChI=1S/C34H35N3O6S3/c1-5-42-32(40)27-24-16-17-37(33(41)43-34(2,3)4)20-26(24)46-31(27)36-30(39)28(21-11-7-6-8-12-21)45-23-14-9-13-22(19-23)35-29(38)25-15-10-18-44-25/h6-15,18-19,28H,5,16-17,20H2,1-4H3,(H,35,38)(H,36,39). The smallest absolute Gasteiger partial charge is 0.410 e. The fourth-order valence-electron chi connectivity index (χ4n) is 4.85. The highest BCUT2D eigenvalue weighted by Crippen LogP contribution is 2.41. The van der Waals surface area contributed by atoms with Crippen molar-refractivity contribution in [1.82, 2.24) is 4.90 Å². The van der Waals surface area contributed by atoms with Crippen LogP contribution in [0.25, 0.3) is 0 Å². The molecule has 240 valence electrons. The minimum absolute atomic E-state index is 0.183. The quantitative estimate of drug-likeness (QED) is 0.136. The number of nitrogens with one attached hydrogen (secondary N) is 2. The van der Waals surface area contributed by atoms with Crippen LogP contribution in [0.2, 0.25) is 0 Å². The summed E-state index contributed by atoms with van der Waals surface area (Å²) in [4.78, 5) is 56.5. The van der Waals surface area contributed by atoms with E-state index in [0.717, 1.165) is 20.9 Å². The van der Waals surface area contributed by atoms with Gasteiger partial charge in [0.05, 0.1) is 23.6 Å². The Bertz CT molecular complexity index is 1710. The summed E-state index contributed by atoms with van der Waals surface area (Å²) >= 11 is 3.97. The van der Waals surface area contributed by atoms with Gasteiger partial charge in [-0.1, -0.05) is 42.5 Å². The van der Waals surface area contributed by atoms with Crippen LogP contribution in [0.15, 0.2) is 77.0 Å². The molecule has 2 aromatic carbocycles. The molecular formula is C34H35N3O6S3. The highest BCUT2D eigenvalue weighted by Gasteiger charge is 2.34. The Morgan fingerprint density at radius 3 is 2.48 bits per heavy atom. The Balaban J connectivity index is 1.41. The van der Waals surface area contributed by atoms with Gasteiger partial charge in [-0.05, 0) is 74.9 Å². The molecule has 0 radical (unpaired) electrons. The zero-order valence-electron chi connectivity index (χ0n) is 26.0. The van der Waals surface area contributed by atoms with Gasteiger partial charge in [0.1, 0.15) is 15.9 Å². The molecule has 0 spiro atoms. The van der Waals surface area contributed by atoms with Crippen molar-refractivity contribution in [3.05, 3.63) is 98.6 Å². The summed E-state index contributed by atoms with van der Waals surface area (Å²) in [6.07, 6.45) is -0.000164. The van der Waals surface area contributed by atoms with Crippen LogP contribution in [-0.2, 0) is 27.2 Å². The van der Waals surface area contributed by atoms with Crippen molar-refractivity contribution in [1.29, 1.82) is 0 Å². The van der Waals surface area contributed by atoms with Gasteiger partial charge in [0.2, 0.25) is 5.91 Å². The maximum Gasteiger partial charge on any atom is 0.410 e. The number of ether oxygens (including phenoxy) is 2. The van der Waals surface area contributed by atoms with Gasteiger partial charge >= 0.3 is 12.1 Å². The van der Waals surface area contributed by atoms with E-state index in [9.17, 15) is 19.2 Å². The lowest BCUT2D eigenvalue weighted by molar-refractivity contribution is -0.115. The number of benzene rings is 2. The molecule has 5 rings (SSSR count). The number of fused-ring (bicyclic) bond motifs is 1. The minimum Gasteiger partial charge on any atom is -0.462 e. The Morgan fingerprint density at radius 2 is 1.78 bits per heavy atom. The molecule has 2 aromatic heterocycles. The molecule has 9 nitrogen and oxygen atoms in total. The summed E-state index contributed by atoms with van der Waals surface area (Å²) in [5, 5.41) is 7.50. The second-order valence-corrected chi connectivity index (χ2v) is 14.7. The zero-order valence-corrected chi connectivity index (χ0v) is 28.4. The topological polar surface area (TPSA) is 114 Å². The minimum atomic E-state index is -0.683. The van der Waals surface area contributed by atoms with Crippen molar-refractivity contribution in [2.24, 2.45) is 0 Å². The molecule has 1 unspecified atom stereocenters. The van der Waals surface area contributed by atoms with Gasteiger partial charge in [-0.2, -0.15) is 0 Å². The first-order chi connectivity index (χ1) is 22.0. The lowest BCUT2D eigenvalue weighted by Crippen LogP contribution is -2.39. The second kappa shape index (κ2) is 14.5. The predicted molar refractivity (Wildman–Crippen MR) is 183 cm³/mol. The SMILES string of the molecule is CCOC(=O)c1c(NC(=O)C(Sc2cccc(NC(=O)c3cccs3)c2)c2ccccc2)sc2c1CCN(C(=O)OC(C)(C)C)C2. The molecule has 1 aliphatic heterocycles. The third kappa shape index (κ3) is 8.17. The summed E-state index contributed by atoms with van der Waals surface area (Å²) in [6, 6.07) is 20.3. The van der Waals surface area contributed by atoms with Gasteiger partial charge in [-0.15, -0.1) is 34.4 Å². The van der Waals surface area contributed by atoms with Gasteiger partial charge in [0, 0.05) is 22.0 Å². The van der Waals surface area contributed by atoms with E-state index in [1.54, 1.807) is 24.0 Å². The van der Waals surface area contributed by atoms with Gasteiger partial charge in [-0.25, -0.2) is 9.59 Å². The Labute approximate surface area is 280 Å². The van der Waals surface area contributed by atoms with Crippen LogP contribution in [0.1, 0.15) is 69.0 Å². The molecule has 46 heavy (non-hydrogen) atoms. The largest absolute Gasteiger partial charge is 0.462 e. The average Bonchev–Trinajstić information content (AvgIpc) is 3.68. The third-order valence-electron chi connectivity index (χ3n) is 6.86. The van der Waals surface area contributed by atoms with Crippen LogP contribution < -0.4 is 10.6 Å². The molecule has 3 heterocycles. The number of nitrogens with zero attached hydrogens (tertiary/aromatic N) is 1. The molecule has 2 N–H and O–H groups in total. The number of hydrogen-bond donors (Lipinski definition) is 2. The van der Waals surface area contributed by atoms with E-state index in [0.29, 0.717) is 34.1 Å². The number of amides is 3. The van der Waals surface area contributed by atoms with Gasteiger partial charge in [0.25, 0.3) is 5.91 Å². The van der Waals surface area contributed by atoms with E-state index in [4.69, 9.17) is 9.47 Å². The van der Waals surface area contributed by atoms with Crippen LogP contribution >= 0.6 is 34.4 Å². The Morgan fingerprint density at radius 1 is 1.00 bits per heavy atom. The molecule has 3 amide bonds. The van der Waals surface area contributed by atoms with Crippen molar-refractivity contribution < 1.29 is 28.7 Å². The number of hydrogen-bond acceptors (Lipinski definition) is 9. The molecule has 1 aliphatic rings. The van der Waals surface area contributed by atoms with Crippen molar-refractivity contribution in [3.8, 4) is 0 Å². The lowest BCUT2D eigenvalue weighted by atomic mass is 10.0. The van der Waals surface area contributed by atoms with E-state index in [1.807, 2.05) is 80.7 Å². The molecular weight excluding hydrogens is 643 g/mol. The first-order valence-corrected chi connectivity index (χ1v) is 17.4. The van der Waals surface area contributed by atoms with Gasteiger partial charge in [0.15, 0.2) is 0 Å². The van der Waals surface area contributed by atoms with Crippen molar-refractivity contribution in [2.45, 2.75) is 56.4 Å². The molecule has 0 saturated heterocycles. The van der Waals surface area contributed by atoms with Crippen LogP contribution in [0, 0.1) is 0 Å². The average molecular weight is 678 g/mol. The number of carbonyl (C=O) groups excluding carboxylic acids is 4. The van der Waals surface area contributed by atoms with Crippen molar-refractivity contribution in [2.75, 3.05) is 23.8 Å². The van der Waals surface area contributed by atoms with E-state index in [2.05, 4.69) is 10.6 Å². The molecule has 0 fully saturated rings. The van der Waals surface area contributed by atoms with Crippen LogP contribution in [-0.4, -0.2) is 47.5 Å². The van der Waals surface area contributed by atoms with E-state index in [-0.39, 0.29) is 25.0 Å². The number of thiophene rings is 2. The number of rotatable bonds is 9. The maximum absolute atomic E-state index is 14.1. The fraction of sp³-hybridized carbons (Fsp3) is 0.294. The van der Waals surface area contributed by atoms with Crippen molar-refractivity contribution >= 4 is 69.0 Å². The first kappa shape index (κ1) is 33.2. The van der Waals surface area contributed by atoms with Crippen molar-refractivity contribution in [3.63, 3.8) is 0 Å². The van der Waals surface area contributed by atoms with Gasteiger partial charge < -0.3 is 25.0 Å². The number of anilines is 2. The fourth-order valence-corrected chi connectivity index (χ4v) is 7.81. The summed E-state index contributed by atoms with van der Waals surface area (Å²) in [5.41, 5.74) is 1.85. The number of esters is 1. The van der Waals surface area contributed by atoms with E-state index >= 15 is 0 Å². The lowest BCUT2D eigenvalue weighted by Gasteiger charge is -2.30. The monoisotopic (exact) mass is 677 g/mol. The molecule has 0 bridgehead atoms. The Hall–Kier alpha value is -4.13. The highest BCUT2D eigenvalue weighted by molar-refractivity contribution is 8.00. The molecule has 4 aromatic rings. The second-order valence-electron chi connectivity index (χ2n) is 11.4.